The van der Waals surface area contributed by atoms with E-state index in [1.54, 1.807) is 12.1 Å². The molecule has 2 amide bonds. The predicted octanol–water partition coefficient (Wildman–Crippen LogP) is 2.03. The summed E-state index contributed by atoms with van der Waals surface area (Å²) >= 11 is 0. The largest absolute Gasteiger partial charge is 0.388 e. The summed E-state index contributed by atoms with van der Waals surface area (Å²) in [6, 6.07) is 12.1. The highest BCUT2D eigenvalue weighted by Crippen LogP contribution is 2.36. The van der Waals surface area contributed by atoms with E-state index >= 15 is 0 Å². The van der Waals surface area contributed by atoms with E-state index in [0.29, 0.717) is 12.8 Å². The quantitative estimate of drug-likeness (QED) is 0.638. The van der Waals surface area contributed by atoms with Crippen LogP contribution < -0.4 is 10.6 Å². The SMILES string of the molecule is Cc1ccc(S(=O)(=O)N2C=CNC(=O)[C@H]2CC(=O)N[C@@H]2CCC(O)c3ccccc32)cc1. The van der Waals surface area contributed by atoms with E-state index in [1.807, 2.05) is 31.2 Å². The van der Waals surface area contributed by atoms with Crippen molar-refractivity contribution in [3.8, 4) is 0 Å². The van der Waals surface area contributed by atoms with Crippen molar-refractivity contribution in [3.63, 3.8) is 0 Å². The van der Waals surface area contributed by atoms with Crippen molar-refractivity contribution in [2.45, 2.75) is 49.3 Å². The molecule has 0 radical (unpaired) electrons. The molecule has 0 spiro atoms. The molecule has 1 unspecified atom stereocenters. The lowest BCUT2D eigenvalue weighted by Crippen LogP contribution is -2.51. The Morgan fingerprint density at radius 1 is 1.12 bits per heavy atom. The Balaban J connectivity index is 1.54. The molecule has 2 aromatic carbocycles. The number of aliphatic hydroxyl groups excluding tert-OH is 1. The Bertz CT molecular complexity index is 1160. The zero-order valence-corrected chi connectivity index (χ0v) is 18.4. The van der Waals surface area contributed by atoms with Crippen LogP contribution in [0.25, 0.3) is 0 Å². The van der Waals surface area contributed by atoms with E-state index in [2.05, 4.69) is 10.6 Å². The van der Waals surface area contributed by atoms with Crippen LogP contribution in [0.3, 0.4) is 0 Å². The van der Waals surface area contributed by atoms with Gasteiger partial charge in [0, 0.05) is 12.4 Å². The van der Waals surface area contributed by atoms with E-state index in [1.165, 1.54) is 24.5 Å². The molecule has 1 heterocycles. The fraction of sp³-hybridized carbons (Fsp3) is 0.304. The molecule has 0 aromatic heterocycles. The highest BCUT2D eigenvalue weighted by Gasteiger charge is 2.37. The topological polar surface area (TPSA) is 116 Å². The van der Waals surface area contributed by atoms with Gasteiger partial charge in [0.2, 0.25) is 11.8 Å². The molecule has 4 rings (SSSR count). The minimum Gasteiger partial charge on any atom is -0.388 e. The number of sulfonamides is 1. The van der Waals surface area contributed by atoms with Crippen LogP contribution in [0.15, 0.2) is 65.8 Å². The van der Waals surface area contributed by atoms with Gasteiger partial charge in [0.25, 0.3) is 10.0 Å². The lowest BCUT2D eigenvalue weighted by atomic mass is 9.85. The van der Waals surface area contributed by atoms with Crippen LogP contribution in [0, 0.1) is 6.92 Å². The molecule has 2 aromatic rings. The van der Waals surface area contributed by atoms with Crippen LogP contribution in [-0.4, -0.2) is 35.7 Å². The second-order valence-electron chi connectivity index (χ2n) is 8.03. The lowest BCUT2D eigenvalue weighted by molar-refractivity contribution is -0.129. The number of carbonyl (C=O) groups excluding carboxylic acids is 2. The van der Waals surface area contributed by atoms with Crippen LogP contribution >= 0.6 is 0 Å². The predicted molar refractivity (Wildman–Crippen MR) is 117 cm³/mol. The molecule has 8 nitrogen and oxygen atoms in total. The third-order valence-electron chi connectivity index (χ3n) is 5.83. The molecule has 0 bridgehead atoms. The number of fused-ring (bicyclic) bond motifs is 1. The van der Waals surface area contributed by atoms with Gasteiger partial charge in [0.15, 0.2) is 0 Å². The third-order valence-corrected chi connectivity index (χ3v) is 7.63. The van der Waals surface area contributed by atoms with Gasteiger partial charge in [-0.1, -0.05) is 42.0 Å². The first-order valence-electron chi connectivity index (χ1n) is 10.4. The number of carbonyl (C=O) groups is 2. The summed E-state index contributed by atoms with van der Waals surface area (Å²) < 4.78 is 27.3. The number of hydrogen-bond donors (Lipinski definition) is 3. The van der Waals surface area contributed by atoms with Crippen LogP contribution in [0.1, 0.15) is 48.1 Å². The van der Waals surface area contributed by atoms with Crippen LogP contribution in [0.4, 0.5) is 0 Å². The molecule has 0 fully saturated rings. The molecular weight excluding hydrogens is 430 g/mol. The molecule has 9 heteroatoms. The van der Waals surface area contributed by atoms with Gasteiger partial charge in [0.1, 0.15) is 6.04 Å². The number of nitrogens with one attached hydrogen (secondary N) is 2. The first-order chi connectivity index (χ1) is 15.3. The van der Waals surface area contributed by atoms with E-state index in [4.69, 9.17) is 0 Å². The van der Waals surface area contributed by atoms with Crippen molar-refractivity contribution in [3.05, 3.63) is 77.6 Å². The summed E-state index contributed by atoms with van der Waals surface area (Å²) in [4.78, 5) is 25.4. The molecule has 2 aliphatic rings. The standard InChI is InChI=1S/C23H25N3O5S/c1-15-6-8-16(9-7-15)32(30,31)26-13-12-24-23(29)20(26)14-22(28)25-19-10-11-21(27)18-5-3-2-4-17(18)19/h2-9,12-13,19-21,27H,10-11,14H2,1H3,(H,24,29)(H,25,28)/t19-,20-,21?/m1/s1. The van der Waals surface area contributed by atoms with Crippen molar-refractivity contribution >= 4 is 21.8 Å². The molecule has 3 atom stereocenters. The number of amides is 2. The highest BCUT2D eigenvalue weighted by molar-refractivity contribution is 7.89. The van der Waals surface area contributed by atoms with Crippen molar-refractivity contribution in [1.82, 2.24) is 14.9 Å². The van der Waals surface area contributed by atoms with Gasteiger partial charge < -0.3 is 15.7 Å². The average molecular weight is 456 g/mol. The molecule has 1 aliphatic carbocycles. The van der Waals surface area contributed by atoms with Gasteiger partial charge in [0.05, 0.1) is 23.5 Å². The van der Waals surface area contributed by atoms with Gasteiger partial charge in [-0.3, -0.25) is 13.9 Å². The second-order valence-corrected chi connectivity index (χ2v) is 9.88. The first-order valence-corrected chi connectivity index (χ1v) is 11.8. The van der Waals surface area contributed by atoms with E-state index in [-0.39, 0.29) is 17.4 Å². The van der Waals surface area contributed by atoms with Crippen molar-refractivity contribution in [1.29, 1.82) is 0 Å². The average Bonchev–Trinajstić information content (AvgIpc) is 2.77. The molecule has 0 saturated carbocycles. The fourth-order valence-corrected chi connectivity index (χ4v) is 5.57. The van der Waals surface area contributed by atoms with Crippen molar-refractivity contribution < 1.29 is 23.1 Å². The molecular formula is C23H25N3O5S. The highest BCUT2D eigenvalue weighted by atomic mass is 32.2. The van der Waals surface area contributed by atoms with E-state index in [9.17, 15) is 23.1 Å². The molecule has 1 aliphatic heterocycles. The summed E-state index contributed by atoms with van der Waals surface area (Å²) in [5.74, 6) is -1.02. The lowest BCUT2D eigenvalue weighted by Gasteiger charge is -2.33. The molecule has 32 heavy (non-hydrogen) atoms. The Morgan fingerprint density at radius 3 is 2.53 bits per heavy atom. The van der Waals surface area contributed by atoms with Gasteiger partial charge in [-0.15, -0.1) is 0 Å². The summed E-state index contributed by atoms with van der Waals surface area (Å²) in [6.45, 7) is 1.85. The minimum absolute atomic E-state index is 0.0445. The summed E-state index contributed by atoms with van der Waals surface area (Å²) in [5.41, 5.74) is 2.51. The van der Waals surface area contributed by atoms with Crippen molar-refractivity contribution in [2.75, 3.05) is 0 Å². The third kappa shape index (κ3) is 4.26. The van der Waals surface area contributed by atoms with Crippen LogP contribution in [0.5, 0.6) is 0 Å². The zero-order valence-electron chi connectivity index (χ0n) is 17.6. The maximum atomic E-state index is 13.2. The smallest absolute Gasteiger partial charge is 0.264 e. The monoisotopic (exact) mass is 455 g/mol. The van der Waals surface area contributed by atoms with Crippen LogP contribution in [0.2, 0.25) is 0 Å². The number of hydrogen-bond acceptors (Lipinski definition) is 5. The Morgan fingerprint density at radius 2 is 1.81 bits per heavy atom. The normalized spacial score (nSPS) is 22.8. The fourth-order valence-electron chi connectivity index (χ4n) is 4.12. The Labute approximate surface area is 187 Å². The Hall–Kier alpha value is -3.17. The maximum absolute atomic E-state index is 13.2. The minimum atomic E-state index is -4.02. The zero-order chi connectivity index (χ0) is 22.9. The first kappa shape index (κ1) is 22.0. The summed E-state index contributed by atoms with van der Waals surface area (Å²) in [6.07, 6.45) is 2.66. The van der Waals surface area contributed by atoms with Gasteiger partial charge in [-0.2, -0.15) is 0 Å². The Kier molecular flexibility index (Phi) is 6.03. The number of nitrogens with zero attached hydrogens (tertiary/aromatic N) is 1. The van der Waals surface area contributed by atoms with E-state index < -0.39 is 34.0 Å². The number of aryl methyl sites for hydroxylation is 1. The van der Waals surface area contributed by atoms with Gasteiger partial charge in [-0.25, -0.2) is 8.42 Å². The number of aliphatic hydroxyl groups is 1. The van der Waals surface area contributed by atoms with Crippen molar-refractivity contribution in [2.24, 2.45) is 0 Å². The summed E-state index contributed by atoms with van der Waals surface area (Å²) in [5, 5.41) is 15.6. The van der Waals surface area contributed by atoms with Crippen LogP contribution in [-0.2, 0) is 19.6 Å². The number of benzene rings is 2. The molecule has 168 valence electrons. The van der Waals surface area contributed by atoms with Gasteiger partial charge >= 0.3 is 0 Å². The second kappa shape index (κ2) is 8.76. The number of rotatable bonds is 5. The van der Waals surface area contributed by atoms with E-state index in [0.717, 1.165) is 21.0 Å². The van der Waals surface area contributed by atoms with Gasteiger partial charge in [-0.05, 0) is 43.0 Å². The summed E-state index contributed by atoms with van der Waals surface area (Å²) in [7, 11) is -4.02. The molecule has 0 saturated heterocycles. The molecule has 3 N–H and O–H groups in total. The maximum Gasteiger partial charge on any atom is 0.264 e.